The first kappa shape index (κ1) is 9.48. The summed E-state index contributed by atoms with van der Waals surface area (Å²) >= 11 is 0. The number of rotatable bonds is 1. The van der Waals surface area contributed by atoms with Gasteiger partial charge in [0.05, 0.1) is 18.1 Å². The third kappa shape index (κ3) is 1.44. The number of furan rings is 1. The van der Waals surface area contributed by atoms with Crippen LogP contribution in [0.1, 0.15) is 6.42 Å². The van der Waals surface area contributed by atoms with E-state index in [4.69, 9.17) is 4.42 Å². The number of hydrogen-bond donors (Lipinski definition) is 1. The van der Waals surface area contributed by atoms with Crippen molar-refractivity contribution in [2.24, 2.45) is 5.92 Å². The van der Waals surface area contributed by atoms with Crippen molar-refractivity contribution in [1.82, 2.24) is 10.3 Å². The Bertz CT molecular complexity index is 550. The van der Waals surface area contributed by atoms with Gasteiger partial charge < -0.3 is 14.6 Å². The fourth-order valence-electron chi connectivity index (χ4n) is 2.86. The minimum atomic E-state index is 0.677. The van der Waals surface area contributed by atoms with Gasteiger partial charge in [-0.1, -0.05) is 0 Å². The standard InChI is InChI=1S/C13H15N3O/c1-3-16(8-12-9(1)6-14-12)10-5-13-11(15-7-10)2-4-17-13/h2,4-5,7,9,12,14H,1,3,6,8H2. The fourth-order valence-corrected chi connectivity index (χ4v) is 2.86. The highest BCUT2D eigenvalue weighted by atomic mass is 16.3. The minimum absolute atomic E-state index is 0.677. The molecule has 0 aliphatic carbocycles. The van der Waals surface area contributed by atoms with Crippen molar-refractivity contribution >= 4 is 16.8 Å². The number of hydrogen-bond acceptors (Lipinski definition) is 4. The maximum Gasteiger partial charge on any atom is 0.154 e. The molecule has 2 aliphatic rings. The zero-order valence-electron chi connectivity index (χ0n) is 9.60. The number of nitrogens with zero attached hydrogens (tertiary/aromatic N) is 2. The number of pyridine rings is 1. The molecular weight excluding hydrogens is 214 g/mol. The molecular formula is C13H15N3O. The Labute approximate surface area is 99.6 Å². The summed E-state index contributed by atoms with van der Waals surface area (Å²) in [7, 11) is 0. The quantitative estimate of drug-likeness (QED) is 0.807. The molecule has 4 heteroatoms. The molecule has 1 N–H and O–H groups in total. The molecule has 17 heavy (non-hydrogen) atoms. The average Bonchev–Trinajstić information content (AvgIpc) is 2.78. The lowest BCUT2D eigenvalue weighted by Gasteiger charge is -2.46. The maximum absolute atomic E-state index is 5.41. The van der Waals surface area contributed by atoms with E-state index < -0.39 is 0 Å². The third-order valence-corrected chi connectivity index (χ3v) is 4.05. The third-order valence-electron chi connectivity index (χ3n) is 4.05. The minimum Gasteiger partial charge on any atom is -0.463 e. The van der Waals surface area contributed by atoms with Crippen molar-refractivity contribution in [3.05, 3.63) is 24.6 Å². The summed E-state index contributed by atoms with van der Waals surface area (Å²) in [5.74, 6) is 0.895. The van der Waals surface area contributed by atoms with Gasteiger partial charge in [0.1, 0.15) is 5.52 Å². The summed E-state index contributed by atoms with van der Waals surface area (Å²) in [6, 6.07) is 4.68. The SMILES string of the molecule is c1cc2ncc(N3CCC4CNC4C3)cc2o1. The van der Waals surface area contributed by atoms with Crippen LogP contribution in [0, 0.1) is 5.92 Å². The molecule has 0 saturated carbocycles. The molecule has 2 atom stereocenters. The summed E-state index contributed by atoms with van der Waals surface area (Å²) in [6.07, 6.45) is 4.94. The van der Waals surface area contributed by atoms with E-state index in [-0.39, 0.29) is 0 Å². The first-order chi connectivity index (χ1) is 8.40. The number of piperidine rings is 1. The van der Waals surface area contributed by atoms with Crippen LogP contribution in [0.4, 0.5) is 5.69 Å². The van der Waals surface area contributed by atoms with Gasteiger partial charge in [-0.2, -0.15) is 0 Å². The maximum atomic E-state index is 5.41. The van der Waals surface area contributed by atoms with Gasteiger partial charge in [-0.25, -0.2) is 0 Å². The molecule has 2 aromatic heterocycles. The van der Waals surface area contributed by atoms with Crippen LogP contribution in [-0.4, -0.2) is 30.7 Å². The highest BCUT2D eigenvalue weighted by molar-refractivity contribution is 5.76. The van der Waals surface area contributed by atoms with Crippen LogP contribution >= 0.6 is 0 Å². The van der Waals surface area contributed by atoms with E-state index >= 15 is 0 Å². The van der Waals surface area contributed by atoms with Crippen molar-refractivity contribution in [2.75, 3.05) is 24.5 Å². The number of fused-ring (bicyclic) bond motifs is 2. The molecule has 2 unspecified atom stereocenters. The van der Waals surface area contributed by atoms with Crippen LogP contribution in [0.25, 0.3) is 11.1 Å². The van der Waals surface area contributed by atoms with E-state index in [0.29, 0.717) is 6.04 Å². The Balaban J connectivity index is 1.64. The molecule has 0 amide bonds. The molecule has 2 aliphatic heterocycles. The number of anilines is 1. The van der Waals surface area contributed by atoms with E-state index in [2.05, 4.69) is 21.3 Å². The Morgan fingerprint density at radius 2 is 2.47 bits per heavy atom. The van der Waals surface area contributed by atoms with Gasteiger partial charge in [0.15, 0.2) is 5.58 Å². The van der Waals surface area contributed by atoms with Crippen LogP contribution in [0.3, 0.4) is 0 Å². The Morgan fingerprint density at radius 1 is 1.47 bits per heavy atom. The molecule has 2 saturated heterocycles. The highest BCUT2D eigenvalue weighted by Crippen LogP contribution is 2.28. The van der Waals surface area contributed by atoms with Gasteiger partial charge in [0.2, 0.25) is 0 Å². The van der Waals surface area contributed by atoms with Gasteiger partial charge in [-0.3, -0.25) is 4.98 Å². The Kier molecular flexibility index (Phi) is 1.93. The molecule has 2 aromatic rings. The second-order valence-electron chi connectivity index (χ2n) is 5.01. The summed E-state index contributed by atoms with van der Waals surface area (Å²) in [5, 5.41) is 3.49. The second-order valence-corrected chi connectivity index (χ2v) is 5.01. The van der Waals surface area contributed by atoms with E-state index in [0.717, 1.165) is 30.1 Å². The van der Waals surface area contributed by atoms with Gasteiger partial charge in [-0.15, -0.1) is 0 Å². The molecule has 88 valence electrons. The summed E-state index contributed by atoms with van der Waals surface area (Å²) in [4.78, 5) is 6.83. The van der Waals surface area contributed by atoms with Gasteiger partial charge in [0, 0.05) is 31.3 Å². The Morgan fingerprint density at radius 3 is 3.29 bits per heavy atom. The van der Waals surface area contributed by atoms with Crippen molar-refractivity contribution in [2.45, 2.75) is 12.5 Å². The summed E-state index contributed by atoms with van der Waals surface area (Å²) in [5.41, 5.74) is 3.00. The van der Waals surface area contributed by atoms with E-state index in [9.17, 15) is 0 Å². The van der Waals surface area contributed by atoms with E-state index in [1.807, 2.05) is 12.3 Å². The molecule has 4 rings (SSSR count). The fraction of sp³-hybridized carbons (Fsp3) is 0.462. The molecule has 0 radical (unpaired) electrons. The molecule has 4 nitrogen and oxygen atoms in total. The van der Waals surface area contributed by atoms with Crippen LogP contribution in [0.15, 0.2) is 29.0 Å². The van der Waals surface area contributed by atoms with Crippen molar-refractivity contribution in [3.63, 3.8) is 0 Å². The van der Waals surface area contributed by atoms with Crippen LogP contribution < -0.4 is 10.2 Å². The van der Waals surface area contributed by atoms with Gasteiger partial charge in [-0.05, 0) is 18.9 Å². The van der Waals surface area contributed by atoms with E-state index in [1.165, 1.54) is 18.7 Å². The van der Waals surface area contributed by atoms with Crippen LogP contribution in [0.5, 0.6) is 0 Å². The largest absolute Gasteiger partial charge is 0.463 e. The smallest absolute Gasteiger partial charge is 0.154 e. The predicted molar refractivity (Wildman–Crippen MR) is 66.1 cm³/mol. The molecule has 0 aromatic carbocycles. The molecule has 0 bridgehead atoms. The highest BCUT2D eigenvalue weighted by Gasteiger charge is 2.35. The lowest BCUT2D eigenvalue weighted by molar-refractivity contribution is 0.197. The van der Waals surface area contributed by atoms with Crippen molar-refractivity contribution in [3.8, 4) is 0 Å². The zero-order valence-corrected chi connectivity index (χ0v) is 9.60. The summed E-state index contributed by atoms with van der Waals surface area (Å²) in [6.45, 7) is 3.43. The zero-order chi connectivity index (χ0) is 11.2. The number of nitrogens with one attached hydrogen (secondary N) is 1. The second kappa shape index (κ2) is 3.47. The lowest BCUT2D eigenvalue weighted by atomic mass is 9.85. The normalized spacial score (nSPS) is 27.9. The lowest BCUT2D eigenvalue weighted by Crippen LogP contribution is -2.62. The van der Waals surface area contributed by atoms with Crippen molar-refractivity contribution in [1.29, 1.82) is 0 Å². The van der Waals surface area contributed by atoms with Gasteiger partial charge in [0.25, 0.3) is 0 Å². The topological polar surface area (TPSA) is 41.3 Å². The number of aromatic nitrogens is 1. The molecule has 4 heterocycles. The monoisotopic (exact) mass is 229 g/mol. The molecule has 2 fully saturated rings. The first-order valence-electron chi connectivity index (χ1n) is 6.22. The predicted octanol–water partition coefficient (Wildman–Crippen LogP) is 1.63. The average molecular weight is 229 g/mol. The van der Waals surface area contributed by atoms with Crippen LogP contribution in [0.2, 0.25) is 0 Å². The first-order valence-corrected chi connectivity index (χ1v) is 6.22. The Hall–Kier alpha value is -1.55. The van der Waals surface area contributed by atoms with Gasteiger partial charge >= 0.3 is 0 Å². The van der Waals surface area contributed by atoms with Crippen molar-refractivity contribution < 1.29 is 4.42 Å². The van der Waals surface area contributed by atoms with Crippen LogP contribution in [-0.2, 0) is 0 Å². The molecule has 0 spiro atoms. The summed E-state index contributed by atoms with van der Waals surface area (Å²) < 4.78 is 5.41. The van der Waals surface area contributed by atoms with E-state index in [1.54, 1.807) is 6.26 Å².